The number of halogens is 1. The molecule has 72 valence electrons. The van der Waals surface area contributed by atoms with Crippen LogP contribution in [-0.4, -0.2) is 18.6 Å². The van der Waals surface area contributed by atoms with Gasteiger partial charge in [-0.2, -0.15) is 0 Å². The van der Waals surface area contributed by atoms with E-state index in [4.69, 9.17) is 9.47 Å². The third-order valence-electron chi connectivity index (χ3n) is 1.85. The van der Waals surface area contributed by atoms with Crippen LogP contribution in [0.2, 0.25) is 0 Å². The highest BCUT2D eigenvalue weighted by molar-refractivity contribution is 14.1. The van der Waals surface area contributed by atoms with Crippen LogP contribution in [0.1, 0.15) is 5.56 Å². The zero-order valence-corrected chi connectivity index (χ0v) is 10.00. The van der Waals surface area contributed by atoms with Gasteiger partial charge in [-0.05, 0) is 30.2 Å². The Morgan fingerprint density at radius 2 is 2.00 bits per heavy atom. The van der Waals surface area contributed by atoms with E-state index in [1.807, 2.05) is 18.2 Å². The molecule has 0 aliphatic rings. The minimum Gasteiger partial charge on any atom is -0.497 e. The molecule has 13 heavy (non-hydrogen) atoms. The molecular weight excluding hydrogens is 279 g/mol. The zero-order chi connectivity index (χ0) is 9.68. The van der Waals surface area contributed by atoms with E-state index < -0.39 is 0 Å². The monoisotopic (exact) mass is 292 g/mol. The molecule has 3 heteroatoms. The van der Waals surface area contributed by atoms with Crippen LogP contribution in [0, 0.1) is 0 Å². The van der Waals surface area contributed by atoms with Gasteiger partial charge in [0.05, 0.1) is 14.2 Å². The molecule has 0 saturated heterocycles. The molecule has 1 aromatic rings. The maximum atomic E-state index is 5.24. The smallest absolute Gasteiger partial charge is 0.122 e. The van der Waals surface area contributed by atoms with Crippen molar-refractivity contribution in [2.45, 2.75) is 6.42 Å². The van der Waals surface area contributed by atoms with E-state index in [9.17, 15) is 0 Å². The quantitative estimate of drug-likeness (QED) is 0.627. The minimum absolute atomic E-state index is 0.889. The Balaban J connectivity index is 2.95. The summed E-state index contributed by atoms with van der Waals surface area (Å²) >= 11 is 2.35. The Kier molecular flexibility index (Phi) is 4.35. The second-order valence-corrected chi connectivity index (χ2v) is 3.70. The number of methoxy groups -OCH3 is 2. The van der Waals surface area contributed by atoms with Crippen molar-refractivity contribution in [3.63, 3.8) is 0 Å². The van der Waals surface area contributed by atoms with E-state index in [2.05, 4.69) is 22.6 Å². The number of rotatable bonds is 4. The van der Waals surface area contributed by atoms with Crippen LogP contribution >= 0.6 is 22.6 Å². The number of hydrogen-bond acceptors (Lipinski definition) is 2. The van der Waals surface area contributed by atoms with Crippen molar-refractivity contribution in [2.75, 3.05) is 18.6 Å². The van der Waals surface area contributed by atoms with E-state index in [-0.39, 0.29) is 0 Å². The number of aryl methyl sites for hydroxylation is 1. The maximum Gasteiger partial charge on any atom is 0.122 e. The van der Waals surface area contributed by atoms with E-state index in [0.29, 0.717) is 0 Å². The molecule has 0 spiro atoms. The van der Waals surface area contributed by atoms with Crippen LogP contribution in [0.4, 0.5) is 0 Å². The highest BCUT2D eigenvalue weighted by Crippen LogP contribution is 2.24. The Bertz CT molecular complexity index is 274. The molecule has 0 amide bonds. The van der Waals surface area contributed by atoms with E-state index in [1.54, 1.807) is 14.2 Å². The van der Waals surface area contributed by atoms with Crippen molar-refractivity contribution in [2.24, 2.45) is 0 Å². The van der Waals surface area contributed by atoms with Gasteiger partial charge in [0.25, 0.3) is 0 Å². The lowest BCUT2D eigenvalue weighted by molar-refractivity contribution is 0.399. The molecule has 0 aliphatic heterocycles. The first kappa shape index (κ1) is 10.6. The van der Waals surface area contributed by atoms with Crippen LogP contribution < -0.4 is 9.47 Å². The summed E-state index contributed by atoms with van der Waals surface area (Å²) in [6, 6.07) is 5.88. The summed E-state index contributed by atoms with van der Waals surface area (Å²) < 4.78 is 11.5. The van der Waals surface area contributed by atoms with E-state index in [0.717, 1.165) is 22.3 Å². The van der Waals surface area contributed by atoms with Gasteiger partial charge in [0, 0.05) is 4.43 Å². The van der Waals surface area contributed by atoms with Gasteiger partial charge in [-0.15, -0.1) is 0 Å². The van der Waals surface area contributed by atoms with Crippen LogP contribution in [0.15, 0.2) is 18.2 Å². The summed E-state index contributed by atoms with van der Waals surface area (Å²) in [6.07, 6.45) is 1.01. The summed E-state index contributed by atoms with van der Waals surface area (Å²) in [5, 5.41) is 0. The lowest BCUT2D eigenvalue weighted by Crippen LogP contribution is -1.94. The third-order valence-corrected chi connectivity index (χ3v) is 2.39. The van der Waals surface area contributed by atoms with Crippen molar-refractivity contribution in [1.29, 1.82) is 0 Å². The van der Waals surface area contributed by atoms with Crippen LogP contribution in [0.25, 0.3) is 0 Å². The lowest BCUT2D eigenvalue weighted by atomic mass is 10.1. The predicted octanol–water partition coefficient (Wildman–Crippen LogP) is 2.68. The molecule has 0 aromatic heterocycles. The molecule has 0 unspecified atom stereocenters. The number of hydrogen-bond donors (Lipinski definition) is 0. The Labute approximate surface area is 92.4 Å². The van der Waals surface area contributed by atoms with Crippen LogP contribution in [-0.2, 0) is 6.42 Å². The lowest BCUT2D eigenvalue weighted by Gasteiger charge is -2.08. The summed E-state index contributed by atoms with van der Waals surface area (Å²) in [5.74, 6) is 1.83. The number of alkyl halides is 1. The molecule has 0 aliphatic carbocycles. The van der Waals surface area contributed by atoms with Crippen molar-refractivity contribution < 1.29 is 9.47 Å². The molecule has 0 bridgehead atoms. The van der Waals surface area contributed by atoms with E-state index >= 15 is 0 Å². The molecule has 0 N–H and O–H groups in total. The van der Waals surface area contributed by atoms with Gasteiger partial charge in [-0.25, -0.2) is 0 Å². The standard InChI is InChI=1S/C10H13IO2/c1-12-9-3-4-10(13-2)8(7-9)5-6-11/h3-4,7H,5-6H2,1-2H3. The van der Waals surface area contributed by atoms with E-state index in [1.165, 1.54) is 5.56 Å². The second kappa shape index (κ2) is 5.32. The van der Waals surface area contributed by atoms with Crippen molar-refractivity contribution in [3.8, 4) is 11.5 Å². The van der Waals surface area contributed by atoms with Crippen molar-refractivity contribution in [3.05, 3.63) is 23.8 Å². The molecule has 0 heterocycles. The summed E-state index contributed by atoms with van der Waals surface area (Å²) in [7, 11) is 3.37. The first-order valence-corrected chi connectivity index (χ1v) is 5.61. The zero-order valence-electron chi connectivity index (χ0n) is 7.84. The molecule has 0 atom stereocenters. The van der Waals surface area contributed by atoms with Gasteiger partial charge < -0.3 is 9.47 Å². The molecular formula is C10H13IO2. The van der Waals surface area contributed by atoms with Crippen molar-refractivity contribution >= 4 is 22.6 Å². The van der Waals surface area contributed by atoms with Crippen molar-refractivity contribution in [1.82, 2.24) is 0 Å². The molecule has 0 fully saturated rings. The third kappa shape index (κ3) is 2.76. The summed E-state index contributed by atoms with van der Waals surface area (Å²) in [4.78, 5) is 0. The molecule has 1 rings (SSSR count). The van der Waals surface area contributed by atoms with Gasteiger partial charge in [-0.3, -0.25) is 0 Å². The fourth-order valence-electron chi connectivity index (χ4n) is 1.18. The number of ether oxygens (including phenoxy) is 2. The average molecular weight is 292 g/mol. The SMILES string of the molecule is COc1ccc(OC)c(CCI)c1. The van der Waals surface area contributed by atoms with Crippen LogP contribution in [0.5, 0.6) is 11.5 Å². The molecule has 1 aromatic carbocycles. The van der Waals surface area contributed by atoms with Gasteiger partial charge in [0.1, 0.15) is 11.5 Å². The van der Waals surface area contributed by atoms with Crippen LogP contribution in [0.3, 0.4) is 0 Å². The first-order chi connectivity index (χ1) is 6.31. The fraction of sp³-hybridized carbons (Fsp3) is 0.400. The molecule has 0 saturated carbocycles. The Hall–Kier alpha value is -0.450. The highest BCUT2D eigenvalue weighted by atomic mass is 127. The topological polar surface area (TPSA) is 18.5 Å². The summed E-state index contributed by atoms with van der Waals surface area (Å²) in [5.41, 5.74) is 1.20. The molecule has 0 radical (unpaired) electrons. The number of benzene rings is 1. The van der Waals surface area contributed by atoms with Gasteiger partial charge in [-0.1, -0.05) is 22.6 Å². The Morgan fingerprint density at radius 1 is 1.23 bits per heavy atom. The second-order valence-electron chi connectivity index (χ2n) is 2.62. The van der Waals surface area contributed by atoms with Gasteiger partial charge in [0.15, 0.2) is 0 Å². The summed E-state index contributed by atoms with van der Waals surface area (Å²) in [6.45, 7) is 0. The highest BCUT2D eigenvalue weighted by Gasteiger charge is 2.03. The largest absolute Gasteiger partial charge is 0.497 e. The van der Waals surface area contributed by atoms with Gasteiger partial charge in [0.2, 0.25) is 0 Å². The minimum atomic E-state index is 0.889. The first-order valence-electron chi connectivity index (χ1n) is 4.08. The Morgan fingerprint density at radius 3 is 2.54 bits per heavy atom. The van der Waals surface area contributed by atoms with Gasteiger partial charge >= 0.3 is 0 Å². The normalized spacial score (nSPS) is 9.77. The fourth-order valence-corrected chi connectivity index (χ4v) is 1.76. The average Bonchev–Trinajstić information content (AvgIpc) is 2.18. The predicted molar refractivity (Wildman–Crippen MR) is 62.1 cm³/mol. The maximum absolute atomic E-state index is 5.24. The molecule has 2 nitrogen and oxygen atoms in total.